The molecule has 90 valence electrons. The van der Waals surface area contributed by atoms with Crippen LogP contribution < -0.4 is 11.3 Å². The summed E-state index contributed by atoms with van der Waals surface area (Å²) in [7, 11) is 1.89. The van der Waals surface area contributed by atoms with Crippen LogP contribution in [0.1, 0.15) is 12.5 Å². The second kappa shape index (κ2) is 3.63. The topological polar surface area (TPSA) is 62.2 Å². The summed E-state index contributed by atoms with van der Waals surface area (Å²) < 4.78 is 8.94. The molecule has 1 saturated heterocycles. The zero-order valence-electron chi connectivity index (χ0n) is 9.72. The van der Waals surface area contributed by atoms with E-state index in [0.717, 1.165) is 18.5 Å². The van der Waals surface area contributed by atoms with Crippen molar-refractivity contribution in [2.24, 2.45) is 7.05 Å². The van der Waals surface area contributed by atoms with Crippen molar-refractivity contribution in [1.82, 2.24) is 9.13 Å². The van der Waals surface area contributed by atoms with E-state index in [0.29, 0.717) is 17.7 Å². The predicted molar refractivity (Wildman–Crippen MR) is 66.1 cm³/mol. The van der Waals surface area contributed by atoms with Gasteiger partial charge in [0.05, 0.1) is 29.2 Å². The van der Waals surface area contributed by atoms with E-state index < -0.39 is 0 Å². The number of hydrogen-bond acceptors (Lipinski definition) is 3. The highest BCUT2D eigenvalue weighted by Gasteiger charge is 2.20. The summed E-state index contributed by atoms with van der Waals surface area (Å²) in [6, 6.07) is 2.08. The molecule has 0 amide bonds. The minimum atomic E-state index is -0.0175. The number of pyridine rings is 1. The summed E-state index contributed by atoms with van der Waals surface area (Å²) in [5, 5.41) is 0.613. The van der Waals surface area contributed by atoms with Gasteiger partial charge in [0, 0.05) is 26.0 Å². The lowest BCUT2D eigenvalue weighted by atomic mass is 10.2. The van der Waals surface area contributed by atoms with Crippen LogP contribution in [-0.2, 0) is 11.8 Å². The molecule has 2 N–H and O–H groups in total. The zero-order chi connectivity index (χ0) is 12.0. The molecule has 0 saturated carbocycles. The van der Waals surface area contributed by atoms with Crippen molar-refractivity contribution in [1.29, 1.82) is 0 Å². The van der Waals surface area contributed by atoms with Gasteiger partial charge in [-0.1, -0.05) is 0 Å². The van der Waals surface area contributed by atoms with Gasteiger partial charge in [-0.25, -0.2) is 0 Å². The van der Waals surface area contributed by atoms with E-state index in [4.69, 9.17) is 10.5 Å². The van der Waals surface area contributed by atoms with Crippen LogP contribution in [0.3, 0.4) is 0 Å². The first-order chi connectivity index (χ1) is 8.18. The van der Waals surface area contributed by atoms with Crippen LogP contribution in [0.4, 0.5) is 5.69 Å². The number of nitrogens with zero attached hydrogens (tertiary/aromatic N) is 2. The Hall–Kier alpha value is -1.75. The normalized spacial score (nSPS) is 20.2. The average Bonchev–Trinajstić information content (AvgIpc) is 2.89. The molecule has 1 aliphatic rings. The van der Waals surface area contributed by atoms with Gasteiger partial charge in [0.1, 0.15) is 0 Å². The molecule has 5 heteroatoms. The van der Waals surface area contributed by atoms with Crippen molar-refractivity contribution in [2.45, 2.75) is 12.5 Å². The lowest BCUT2D eigenvalue weighted by Gasteiger charge is -2.12. The number of ether oxygens (including phenoxy) is 1. The number of fused-ring (bicyclic) bond motifs is 1. The minimum Gasteiger partial charge on any atom is -0.397 e. The lowest BCUT2D eigenvalue weighted by molar-refractivity contribution is 0.186. The highest BCUT2D eigenvalue weighted by atomic mass is 16.5. The maximum absolute atomic E-state index is 12.4. The minimum absolute atomic E-state index is 0.0175. The van der Waals surface area contributed by atoms with Crippen LogP contribution in [0.5, 0.6) is 0 Å². The highest BCUT2D eigenvalue weighted by molar-refractivity contribution is 5.90. The fourth-order valence-corrected chi connectivity index (χ4v) is 2.48. The lowest BCUT2D eigenvalue weighted by Crippen LogP contribution is -2.24. The Morgan fingerprint density at radius 2 is 2.35 bits per heavy atom. The Balaban J connectivity index is 2.25. The van der Waals surface area contributed by atoms with E-state index in [-0.39, 0.29) is 11.6 Å². The van der Waals surface area contributed by atoms with E-state index in [1.807, 2.05) is 23.9 Å². The molecule has 3 heterocycles. The van der Waals surface area contributed by atoms with E-state index in [2.05, 4.69) is 0 Å². The summed E-state index contributed by atoms with van der Waals surface area (Å²) in [5.41, 5.74) is 7.28. The summed E-state index contributed by atoms with van der Waals surface area (Å²) in [5.74, 6) is 0. The molecule has 1 fully saturated rings. The van der Waals surface area contributed by atoms with Gasteiger partial charge in [0.15, 0.2) is 0 Å². The third kappa shape index (κ3) is 1.46. The van der Waals surface area contributed by atoms with Gasteiger partial charge in [-0.05, 0) is 12.5 Å². The maximum Gasteiger partial charge on any atom is 0.262 e. The van der Waals surface area contributed by atoms with Crippen molar-refractivity contribution in [3.05, 3.63) is 28.8 Å². The van der Waals surface area contributed by atoms with Crippen molar-refractivity contribution < 1.29 is 4.74 Å². The molecule has 1 aliphatic heterocycles. The molecule has 2 aromatic heterocycles. The third-order valence-corrected chi connectivity index (χ3v) is 3.40. The molecule has 1 atom stereocenters. The van der Waals surface area contributed by atoms with Gasteiger partial charge in [0.2, 0.25) is 0 Å². The first kappa shape index (κ1) is 10.4. The number of aromatic nitrogens is 2. The van der Waals surface area contributed by atoms with Gasteiger partial charge >= 0.3 is 0 Å². The molecule has 0 spiro atoms. The molecule has 0 bridgehead atoms. The second-order valence-corrected chi connectivity index (χ2v) is 4.50. The highest BCUT2D eigenvalue weighted by Crippen LogP contribution is 2.22. The summed E-state index contributed by atoms with van der Waals surface area (Å²) in [4.78, 5) is 12.4. The van der Waals surface area contributed by atoms with Gasteiger partial charge in [-0.3, -0.25) is 4.79 Å². The van der Waals surface area contributed by atoms with Crippen LogP contribution in [-0.4, -0.2) is 22.3 Å². The fourth-order valence-electron chi connectivity index (χ4n) is 2.48. The molecular weight excluding hydrogens is 218 g/mol. The molecule has 3 rings (SSSR count). The number of anilines is 1. The molecule has 2 aromatic rings. The number of rotatable bonds is 1. The van der Waals surface area contributed by atoms with Crippen molar-refractivity contribution in [3.8, 4) is 0 Å². The maximum atomic E-state index is 12.4. The monoisotopic (exact) mass is 233 g/mol. The SMILES string of the molecule is Cn1cc(N)c2c(=O)n([C@@H]3CCOC3)ccc21. The Morgan fingerprint density at radius 3 is 3.06 bits per heavy atom. The van der Waals surface area contributed by atoms with Crippen molar-refractivity contribution in [2.75, 3.05) is 18.9 Å². The van der Waals surface area contributed by atoms with Gasteiger partial charge in [-0.15, -0.1) is 0 Å². The first-order valence-electron chi connectivity index (χ1n) is 5.72. The molecule has 0 radical (unpaired) electrons. The van der Waals surface area contributed by atoms with Gasteiger partial charge in [0.25, 0.3) is 5.56 Å². The van der Waals surface area contributed by atoms with Crippen LogP contribution in [0.15, 0.2) is 23.3 Å². The van der Waals surface area contributed by atoms with E-state index in [9.17, 15) is 4.79 Å². The van der Waals surface area contributed by atoms with Crippen molar-refractivity contribution in [3.63, 3.8) is 0 Å². The summed E-state index contributed by atoms with van der Waals surface area (Å²) in [6.07, 6.45) is 4.50. The molecule has 0 unspecified atom stereocenters. The molecule has 5 nitrogen and oxygen atoms in total. The fraction of sp³-hybridized carbons (Fsp3) is 0.417. The zero-order valence-corrected chi connectivity index (χ0v) is 9.72. The van der Waals surface area contributed by atoms with Gasteiger partial charge in [-0.2, -0.15) is 0 Å². The molecule has 0 aliphatic carbocycles. The Bertz CT molecular complexity index is 620. The number of nitrogens with two attached hydrogens (primary N) is 1. The summed E-state index contributed by atoms with van der Waals surface area (Å²) >= 11 is 0. The van der Waals surface area contributed by atoms with Crippen LogP contribution in [0, 0.1) is 0 Å². The number of hydrogen-bond donors (Lipinski definition) is 1. The van der Waals surface area contributed by atoms with Crippen LogP contribution in [0.2, 0.25) is 0 Å². The second-order valence-electron chi connectivity index (χ2n) is 4.50. The number of nitrogen functional groups attached to an aromatic ring is 1. The molecular formula is C12H15N3O2. The van der Waals surface area contributed by atoms with E-state index in [1.54, 1.807) is 10.8 Å². The average molecular weight is 233 g/mol. The Morgan fingerprint density at radius 1 is 1.53 bits per heavy atom. The third-order valence-electron chi connectivity index (χ3n) is 3.40. The predicted octanol–water partition coefficient (Wildman–Crippen LogP) is 0.884. The number of aryl methyl sites for hydroxylation is 1. The first-order valence-corrected chi connectivity index (χ1v) is 5.72. The van der Waals surface area contributed by atoms with Crippen LogP contribution >= 0.6 is 0 Å². The standard InChI is InChI=1S/C12H15N3O2/c1-14-6-9(13)11-10(14)2-4-15(12(11)16)8-3-5-17-7-8/h2,4,6,8H,3,5,7,13H2,1H3/t8-/m1/s1. The van der Waals surface area contributed by atoms with E-state index in [1.165, 1.54) is 0 Å². The molecule has 17 heavy (non-hydrogen) atoms. The Kier molecular flexibility index (Phi) is 2.22. The summed E-state index contributed by atoms with van der Waals surface area (Å²) in [6.45, 7) is 1.33. The Labute approximate surface area is 98.4 Å². The van der Waals surface area contributed by atoms with Crippen LogP contribution in [0.25, 0.3) is 10.9 Å². The quantitative estimate of drug-likeness (QED) is 0.795. The van der Waals surface area contributed by atoms with Gasteiger partial charge < -0.3 is 19.6 Å². The molecule has 0 aromatic carbocycles. The smallest absolute Gasteiger partial charge is 0.262 e. The van der Waals surface area contributed by atoms with E-state index >= 15 is 0 Å². The largest absolute Gasteiger partial charge is 0.397 e. The van der Waals surface area contributed by atoms with Crippen molar-refractivity contribution >= 4 is 16.6 Å².